The van der Waals surface area contributed by atoms with Gasteiger partial charge in [0.05, 0.1) is 13.7 Å². The quantitative estimate of drug-likeness (QED) is 0.275. The molecule has 5 heteroatoms. The van der Waals surface area contributed by atoms with Crippen LogP contribution in [0.3, 0.4) is 0 Å². The molecule has 2 aromatic rings. The van der Waals surface area contributed by atoms with Crippen molar-refractivity contribution in [1.82, 2.24) is 0 Å². The predicted molar refractivity (Wildman–Crippen MR) is 141 cm³/mol. The number of aliphatic carboxylic acids is 1. The van der Waals surface area contributed by atoms with E-state index in [1.54, 1.807) is 13.2 Å². The number of aliphatic hydroxyl groups is 1. The van der Waals surface area contributed by atoms with Crippen molar-refractivity contribution in [3.05, 3.63) is 53.1 Å². The van der Waals surface area contributed by atoms with Gasteiger partial charge in [-0.15, -0.1) is 0 Å². The van der Waals surface area contributed by atoms with E-state index in [1.807, 2.05) is 18.2 Å². The minimum Gasteiger partial charge on any atom is -0.496 e. The van der Waals surface area contributed by atoms with Crippen molar-refractivity contribution in [1.29, 1.82) is 0 Å². The molecule has 5 nitrogen and oxygen atoms in total. The number of rotatable bonds is 11. The van der Waals surface area contributed by atoms with Gasteiger partial charge in [-0.2, -0.15) is 0 Å². The van der Waals surface area contributed by atoms with Crippen LogP contribution < -0.4 is 9.47 Å². The van der Waals surface area contributed by atoms with Gasteiger partial charge < -0.3 is 19.7 Å². The van der Waals surface area contributed by atoms with Crippen molar-refractivity contribution in [2.45, 2.75) is 77.0 Å². The Morgan fingerprint density at radius 3 is 2.17 bits per heavy atom. The topological polar surface area (TPSA) is 76.0 Å². The SMILES string of the molecule is COc1ccc(/C=C/C(=O)O)cc1-c1cc2c(cc1OCCCCCCO)C(C)(C)CCC2(C)C. The molecule has 0 radical (unpaired) electrons. The molecule has 0 amide bonds. The molecule has 0 fully saturated rings. The van der Waals surface area contributed by atoms with Crippen LogP contribution in [0.4, 0.5) is 0 Å². The summed E-state index contributed by atoms with van der Waals surface area (Å²) in [5.41, 5.74) is 5.39. The molecule has 0 heterocycles. The summed E-state index contributed by atoms with van der Waals surface area (Å²) in [5, 5.41) is 18.1. The molecule has 0 bridgehead atoms. The zero-order valence-electron chi connectivity index (χ0n) is 21.8. The number of carboxylic acids is 1. The van der Waals surface area contributed by atoms with Crippen molar-refractivity contribution in [3.63, 3.8) is 0 Å². The average Bonchev–Trinajstić information content (AvgIpc) is 2.82. The second-order valence-electron chi connectivity index (χ2n) is 10.8. The molecule has 1 aliphatic carbocycles. The van der Waals surface area contributed by atoms with E-state index in [0.29, 0.717) is 6.61 Å². The van der Waals surface area contributed by atoms with E-state index in [4.69, 9.17) is 19.7 Å². The summed E-state index contributed by atoms with van der Waals surface area (Å²) in [6.45, 7) is 10.0. The normalized spacial score (nSPS) is 16.2. The van der Waals surface area contributed by atoms with Crippen molar-refractivity contribution < 1.29 is 24.5 Å². The fraction of sp³-hybridized carbons (Fsp3) is 0.500. The van der Waals surface area contributed by atoms with Gasteiger partial charge in [-0.1, -0.05) is 40.2 Å². The number of fused-ring (bicyclic) bond motifs is 1. The number of benzene rings is 2. The van der Waals surface area contributed by atoms with Crippen molar-refractivity contribution in [2.75, 3.05) is 20.3 Å². The number of hydrogen-bond donors (Lipinski definition) is 2. The highest BCUT2D eigenvalue weighted by atomic mass is 16.5. The van der Waals surface area contributed by atoms with E-state index < -0.39 is 5.97 Å². The minimum absolute atomic E-state index is 0.0382. The molecule has 2 aromatic carbocycles. The van der Waals surface area contributed by atoms with E-state index in [9.17, 15) is 4.79 Å². The number of hydrogen-bond acceptors (Lipinski definition) is 4. The number of unbranched alkanes of at least 4 members (excludes halogenated alkanes) is 3. The Kier molecular flexibility index (Phi) is 8.65. The second kappa shape index (κ2) is 11.3. The monoisotopic (exact) mass is 480 g/mol. The van der Waals surface area contributed by atoms with Gasteiger partial charge in [0.2, 0.25) is 0 Å². The van der Waals surface area contributed by atoms with Gasteiger partial charge in [-0.3, -0.25) is 0 Å². The summed E-state index contributed by atoms with van der Waals surface area (Å²) in [7, 11) is 1.65. The summed E-state index contributed by atoms with van der Waals surface area (Å²) in [6.07, 6.45) is 8.71. The Bertz CT molecular complexity index is 1060. The highest BCUT2D eigenvalue weighted by molar-refractivity contribution is 5.86. The maximum atomic E-state index is 11.1. The molecule has 0 aromatic heterocycles. The predicted octanol–water partition coefficient (Wildman–Crippen LogP) is 6.74. The number of methoxy groups -OCH3 is 1. The smallest absolute Gasteiger partial charge is 0.328 e. The highest BCUT2D eigenvalue weighted by Gasteiger charge is 2.38. The van der Waals surface area contributed by atoms with Crippen LogP contribution in [0.5, 0.6) is 11.5 Å². The van der Waals surface area contributed by atoms with Crippen LogP contribution in [0.2, 0.25) is 0 Å². The van der Waals surface area contributed by atoms with Gasteiger partial charge in [-0.05, 0) is 90.0 Å². The Morgan fingerprint density at radius 2 is 1.54 bits per heavy atom. The third kappa shape index (κ3) is 6.46. The lowest BCUT2D eigenvalue weighted by Crippen LogP contribution is -2.34. The van der Waals surface area contributed by atoms with E-state index in [-0.39, 0.29) is 17.4 Å². The third-order valence-corrected chi connectivity index (χ3v) is 7.20. The van der Waals surface area contributed by atoms with Crippen LogP contribution in [0.25, 0.3) is 17.2 Å². The highest BCUT2D eigenvalue weighted by Crippen LogP contribution is 2.50. The number of ether oxygens (including phenoxy) is 2. The van der Waals surface area contributed by atoms with Crippen molar-refractivity contribution in [2.24, 2.45) is 0 Å². The molecule has 0 atom stereocenters. The van der Waals surface area contributed by atoms with Crippen LogP contribution in [0, 0.1) is 0 Å². The molecule has 2 N–H and O–H groups in total. The van der Waals surface area contributed by atoms with Crippen LogP contribution >= 0.6 is 0 Å². The summed E-state index contributed by atoms with van der Waals surface area (Å²) < 4.78 is 12.1. The molecule has 1 aliphatic rings. The largest absolute Gasteiger partial charge is 0.496 e. The van der Waals surface area contributed by atoms with E-state index in [0.717, 1.165) is 72.8 Å². The van der Waals surface area contributed by atoms with E-state index >= 15 is 0 Å². The van der Waals surface area contributed by atoms with E-state index in [2.05, 4.69) is 39.8 Å². The summed E-state index contributed by atoms with van der Waals surface area (Å²) in [4.78, 5) is 11.1. The van der Waals surface area contributed by atoms with Crippen LogP contribution in [0.1, 0.15) is 82.9 Å². The lowest BCUT2D eigenvalue weighted by molar-refractivity contribution is -0.131. The van der Waals surface area contributed by atoms with Crippen LogP contribution in [-0.4, -0.2) is 36.5 Å². The second-order valence-corrected chi connectivity index (χ2v) is 10.8. The molecular weight excluding hydrogens is 440 g/mol. The maximum Gasteiger partial charge on any atom is 0.328 e. The Labute approximate surface area is 209 Å². The molecule has 190 valence electrons. The molecule has 3 rings (SSSR count). The number of aliphatic hydroxyl groups excluding tert-OH is 1. The van der Waals surface area contributed by atoms with Gasteiger partial charge in [-0.25, -0.2) is 4.79 Å². The van der Waals surface area contributed by atoms with Gasteiger partial charge in [0.1, 0.15) is 11.5 Å². The molecule has 0 saturated carbocycles. The molecule has 0 spiro atoms. The average molecular weight is 481 g/mol. The maximum absolute atomic E-state index is 11.1. The summed E-state index contributed by atoms with van der Waals surface area (Å²) in [6, 6.07) is 10.2. The van der Waals surface area contributed by atoms with Crippen molar-refractivity contribution in [3.8, 4) is 22.6 Å². The summed E-state index contributed by atoms with van der Waals surface area (Å²) in [5.74, 6) is 0.567. The molecule has 0 unspecified atom stereocenters. The minimum atomic E-state index is -0.981. The Morgan fingerprint density at radius 1 is 0.914 bits per heavy atom. The van der Waals surface area contributed by atoms with Crippen molar-refractivity contribution >= 4 is 12.0 Å². The van der Waals surface area contributed by atoms with E-state index in [1.165, 1.54) is 11.1 Å². The lowest BCUT2D eigenvalue weighted by atomic mass is 9.62. The van der Waals surface area contributed by atoms with Crippen LogP contribution in [0.15, 0.2) is 36.4 Å². The zero-order valence-corrected chi connectivity index (χ0v) is 21.8. The summed E-state index contributed by atoms with van der Waals surface area (Å²) >= 11 is 0. The Hall–Kier alpha value is -2.79. The molecule has 0 aliphatic heterocycles. The first-order chi connectivity index (χ1) is 16.6. The first kappa shape index (κ1) is 26.8. The standard InChI is InChI=1S/C30H40O5/c1-29(2)14-15-30(3,4)25-20-27(35-17-9-7-6-8-16-31)23(19-24(25)29)22-18-21(11-13-28(32)33)10-12-26(22)34-5/h10-13,18-20,31H,6-9,14-17H2,1-5H3,(H,32,33)/b13-11+. The first-order valence-corrected chi connectivity index (χ1v) is 12.6. The van der Waals surface area contributed by atoms with Crippen LogP contribution in [-0.2, 0) is 15.6 Å². The van der Waals surface area contributed by atoms with Gasteiger partial charge in [0.25, 0.3) is 0 Å². The fourth-order valence-electron chi connectivity index (χ4n) is 4.88. The third-order valence-electron chi connectivity index (χ3n) is 7.20. The van der Waals surface area contributed by atoms with Gasteiger partial charge in [0, 0.05) is 23.8 Å². The number of carbonyl (C=O) groups is 1. The first-order valence-electron chi connectivity index (χ1n) is 12.6. The number of carboxylic acid groups (broad SMARTS) is 1. The molecular formula is C30H40O5. The van der Waals surface area contributed by atoms with Gasteiger partial charge in [0.15, 0.2) is 0 Å². The molecule has 35 heavy (non-hydrogen) atoms. The Balaban J connectivity index is 2.11. The molecule has 0 saturated heterocycles. The fourth-order valence-corrected chi connectivity index (χ4v) is 4.88. The van der Waals surface area contributed by atoms with Gasteiger partial charge >= 0.3 is 5.97 Å². The zero-order chi connectivity index (χ0) is 25.6. The lowest BCUT2D eigenvalue weighted by Gasteiger charge is -2.42.